The molecule has 108 valence electrons. The molecule has 4 heteroatoms. The van der Waals surface area contributed by atoms with Crippen LogP contribution in [0.4, 0.5) is 5.69 Å². The lowest BCUT2D eigenvalue weighted by atomic mass is 10.1. The summed E-state index contributed by atoms with van der Waals surface area (Å²) >= 11 is 7.16. The summed E-state index contributed by atoms with van der Waals surface area (Å²) in [5.74, 6) is 0. The maximum Gasteiger partial charge on any atom is 0.0953 e. The van der Waals surface area contributed by atoms with Crippen molar-refractivity contribution in [2.45, 2.75) is 19.9 Å². The van der Waals surface area contributed by atoms with Crippen LogP contribution in [-0.4, -0.2) is 0 Å². The van der Waals surface area contributed by atoms with E-state index < -0.39 is 0 Å². The van der Waals surface area contributed by atoms with Gasteiger partial charge in [0.1, 0.15) is 0 Å². The summed E-state index contributed by atoms with van der Waals surface area (Å²) in [6.07, 6.45) is 0. The number of nitrogens with one attached hydrogen (secondary N) is 1. The Labute approximate surface area is 141 Å². The van der Waals surface area contributed by atoms with Crippen LogP contribution < -0.4 is 5.32 Å². The van der Waals surface area contributed by atoms with E-state index in [1.165, 1.54) is 26.6 Å². The van der Waals surface area contributed by atoms with E-state index in [9.17, 15) is 0 Å². The van der Waals surface area contributed by atoms with Crippen molar-refractivity contribution >= 4 is 44.3 Å². The SMILES string of the molecule is Cc1cc(Br)cc(C)c1NC(c1cccs1)c1cccs1. The van der Waals surface area contributed by atoms with Crippen LogP contribution in [0.25, 0.3) is 0 Å². The molecule has 2 aromatic heterocycles. The molecule has 0 amide bonds. The molecular weight excluding hydrogens is 362 g/mol. The molecule has 0 unspecified atom stereocenters. The van der Waals surface area contributed by atoms with E-state index in [-0.39, 0.29) is 6.04 Å². The Morgan fingerprint density at radius 2 is 1.48 bits per heavy atom. The highest BCUT2D eigenvalue weighted by Crippen LogP contribution is 2.35. The minimum Gasteiger partial charge on any atom is -0.372 e. The second-order valence-corrected chi connectivity index (χ2v) is 7.90. The van der Waals surface area contributed by atoms with Gasteiger partial charge >= 0.3 is 0 Å². The smallest absolute Gasteiger partial charge is 0.0953 e. The van der Waals surface area contributed by atoms with E-state index in [1.54, 1.807) is 22.7 Å². The fraction of sp³-hybridized carbons (Fsp3) is 0.176. The van der Waals surface area contributed by atoms with Crippen LogP contribution in [0.15, 0.2) is 51.6 Å². The Morgan fingerprint density at radius 1 is 0.952 bits per heavy atom. The highest BCUT2D eigenvalue weighted by molar-refractivity contribution is 9.10. The van der Waals surface area contributed by atoms with Gasteiger partial charge in [-0.05, 0) is 60.0 Å². The predicted molar refractivity (Wildman–Crippen MR) is 97.7 cm³/mol. The average molecular weight is 378 g/mol. The molecule has 0 aliphatic rings. The first-order valence-corrected chi connectivity index (χ1v) is 9.30. The van der Waals surface area contributed by atoms with Crippen molar-refractivity contribution < 1.29 is 0 Å². The van der Waals surface area contributed by atoms with E-state index in [0.717, 1.165) is 4.47 Å². The summed E-state index contributed by atoms with van der Waals surface area (Å²) in [6, 6.07) is 13.2. The van der Waals surface area contributed by atoms with Crippen molar-refractivity contribution in [1.82, 2.24) is 0 Å². The van der Waals surface area contributed by atoms with Crippen LogP contribution in [-0.2, 0) is 0 Å². The van der Waals surface area contributed by atoms with Gasteiger partial charge < -0.3 is 5.32 Å². The first-order chi connectivity index (χ1) is 10.1. The Kier molecular flexibility index (Phi) is 4.48. The molecule has 1 N–H and O–H groups in total. The van der Waals surface area contributed by atoms with E-state index in [1.807, 2.05) is 0 Å². The lowest BCUT2D eigenvalue weighted by Gasteiger charge is -2.21. The molecule has 1 aromatic carbocycles. The zero-order valence-electron chi connectivity index (χ0n) is 11.9. The molecule has 0 saturated carbocycles. The van der Waals surface area contributed by atoms with Gasteiger partial charge in [0.2, 0.25) is 0 Å². The van der Waals surface area contributed by atoms with Gasteiger partial charge in [-0.3, -0.25) is 0 Å². The number of aryl methyl sites for hydroxylation is 2. The van der Waals surface area contributed by atoms with Crippen molar-refractivity contribution in [3.05, 3.63) is 72.5 Å². The van der Waals surface area contributed by atoms with Crippen molar-refractivity contribution in [2.24, 2.45) is 0 Å². The van der Waals surface area contributed by atoms with Gasteiger partial charge in [0.25, 0.3) is 0 Å². The summed E-state index contributed by atoms with van der Waals surface area (Å²) in [7, 11) is 0. The van der Waals surface area contributed by atoms with Crippen LogP contribution in [0.3, 0.4) is 0 Å². The fourth-order valence-electron chi connectivity index (χ4n) is 2.48. The Morgan fingerprint density at radius 3 is 1.90 bits per heavy atom. The third-order valence-corrected chi connectivity index (χ3v) is 5.77. The number of rotatable bonds is 4. The van der Waals surface area contributed by atoms with Gasteiger partial charge in [-0.2, -0.15) is 0 Å². The zero-order valence-corrected chi connectivity index (χ0v) is 15.1. The van der Waals surface area contributed by atoms with Crippen molar-refractivity contribution in [2.75, 3.05) is 5.32 Å². The first kappa shape index (κ1) is 14.8. The van der Waals surface area contributed by atoms with Gasteiger partial charge in [-0.15, -0.1) is 22.7 Å². The largest absolute Gasteiger partial charge is 0.372 e. The number of halogens is 1. The zero-order chi connectivity index (χ0) is 14.8. The third-order valence-electron chi connectivity index (χ3n) is 3.44. The summed E-state index contributed by atoms with van der Waals surface area (Å²) in [4.78, 5) is 2.69. The number of hydrogen-bond donors (Lipinski definition) is 1. The quantitative estimate of drug-likeness (QED) is 0.555. The van der Waals surface area contributed by atoms with Crippen LogP contribution in [0.1, 0.15) is 26.9 Å². The van der Waals surface area contributed by atoms with Crippen molar-refractivity contribution in [3.63, 3.8) is 0 Å². The van der Waals surface area contributed by atoms with Gasteiger partial charge in [0.05, 0.1) is 6.04 Å². The molecule has 0 aliphatic heterocycles. The molecule has 0 saturated heterocycles. The van der Waals surface area contributed by atoms with Crippen molar-refractivity contribution in [3.8, 4) is 0 Å². The molecule has 1 nitrogen and oxygen atoms in total. The van der Waals surface area contributed by atoms with E-state index in [2.05, 4.69) is 82.3 Å². The lowest BCUT2D eigenvalue weighted by molar-refractivity contribution is 0.984. The molecule has 2 heterocycles. The average Bonchev–Trinajstić information content (AvgIpc) is 3.11. The third kappa shape index (κ3) is 3.23. The van der Waals surface area contributed by atoms with E-state index >= 15 is 0 Å². The summed E-state index contributed by atoms with van der Waals surface area (Å²) in [5, 5.41) is 8.02. The summed E-state index contributed by atoms with van der Waals surface area (Å²) in [6.45, 7) is 4.31. The standard InChI is InChI=1S/C17H16BrNS2/c1-11-9-13(18)10-12(2)16(11)19-17(14-5-3-7-20-14)15-6-4-8-21-15/h3-10,17,19H,1-2H3. The molecular formula is C17H16BrNS2. The number of anilines is 1. The Bertz CT molecular complexity index is 660. The van der Waals surface area contributed by atoms with Crippen molar-refractivity contribution in [1.29, 1.82) is 0 Å². The van der Waals surface area contributed by atoms with Crippen LogP contribution in [0, 0.1) is 13.8 Å². The van der Waals surface area contributed by atoms with Crippen LogP contribution >= 0.6 is 38.6 Å². The van der Waals surface area contributed by atoms with Gasteiger partial charge in [0.15, 0.2) is 0 Å². The molecule has 0 spiro atoms. The highest BCUT2D eigenvalue weighted by Gasteiger charge is 2.18. The fourth-order valence-corrected chi connectivity index (χ4v) is 4.82. The molecule has 3 aromatic rings. The molecule has 0 aliphatic carbocycles. The van der Waals surface area contributed by atoms with Crippen LogP contribution in [0.5, 0.6) is 0 Å². The molecule has 0 radical (unpaired) electrons. The number of benzene rings is 1. The minimum absolute atomic E-state index is 0.226. The number of hydrogen-bond acceptors (Lipinski definition) is 3. The lowest BCUT2D eigenvalue weighted by Crippen LogP contribution is -2.11. The monoisotopic (exact) mass is 377 g/mol. The predicted octanol–water partition coefficient (Wildman–Crippen LogP) is 6.39. The molecule has 0 atom stereocenters. The topological polar surface area (TPSA) is 12.0 Å². The summed E-state index contributed by atoms with van der Waals surface area (Å²) < 4.78 is 1.13. The Balaban J connectivity index is 2.00. The van der Waals surface area contributed by atoms with Gasteiger partial charge in [0, 0.05) is 19.9 Å². The van der Waals surface area contributed by atoms with Gasteiger partial charge in [-0.1, -0.05) is 28.1 Å². The highest BCUT2D eigenvalue weighted by atomic mass is 79.9. The maximum absolute atomic E-state index is 3.75. The number of thiophene rings is 2. The summed E-state index contributed by atoms with van der Waals surface area (Å²) in [5.41, 5.74) is 3.75. The first-order valence-electron chi connectivity index (χ1n) is 6.75. The van der Waals surface area contributed by atoms with E-state index in [4.69, 9.17) is 0 Å². The maximum atomic E-state index is 3.75. The second-order valence-electron chi connectivity index (χ2n) is 5.02. The molecule has 0 fully saturated rings. The second kappa shape index (κ2) is 6.34. The molecule has 3 rings (SSSR count). The van der Waals surface area contributed by atoms with E-state index in [0.29, 0.717) is 0 Å². The van der Waals surface area contributed by atoms with Gasteiger partial charge in [-0.25, -0.2) is 0 Å². The minimum atomic E-state index is 0.226. The molecule has 21 heavy (non-hydrogen) atoms. The molecule has 0 bridgehead atoms. The normalized spacial score (nSPS) is 11.0. The van der Waals surface area contributed by atoms with Crippen LogP contribution in [0.2, 0.25) is 0 Å². The Hall–Kier alpha value is -1.10.